The van der Waals surface area contributed by atoms with Crippen molar-refractivity contribution in [2.45, 2.75) is 19.5 Å². The van der Waals surface area contributed by atoms with E-state index in [0.29, 0.717) is 5.56 Å². The van der Waals surface area contributed by atoms with E-state index >= 15 is 0 Å². The van der Waals surface area contributed by atoms with Crippen LogP contribution in [0.2, 0.25) is 0 Å². The molecule has 0 radical (unpaired) electrons. The minimum atomic E-state index is -1.20. The summed E-state index contributed by atoms with van der Waals surface area (Å²) < 4.78 is 0. The Kier molecular flexibility index (Phi) is 6.22. The van der Waals surface area contributed by atoms with E-state index < -0.39 is 5.66 Å². The Morgan fingerprint density at radius 3 is 2.38 bits per heavy atom. The van der Waals surface area contributed by atoms with Gasteiger partial charge in [-0.15, -0.1) is 0 Å². The van der Waals surface area contributed by atoms with Crippen molar-refractivity contribution in [1.29, 1.82) is 0 Å². The normalized spacial score (nSPS) is 13.6. The molecule has 0 heterocycles. The zero-order valence-electron chi connectivity index (χ0n) is 9.47. The standard InChI is InChI=1S/C10H11N3O2.Na/c1-8-4-6-9(7-5-8)10(2,11-3)12-13-15-14;/h4-7,14H,1-2H3;/q;+1/p-1. The van der Waals surface area contributed by atoms with Gasteiger partial charge in [0.25, 0.3) is 0 Å². The Balaban J connectivity index is 0.00000225. The molecule has 16 heavy (non-hydrogen) atoms. The minimum Gasteiger partial charge on any atom is -0.636 e. The number of rotatable bonds is 3. The van der Waals surface area contributed by atoms with Gasteiger partial charge in [-0.05, 0) is 19.1 Å². The van der Waals surface area contributed by atoms with Crippen LogP contribution in [-0.2, 0) is 10.7 Å². The molecular formula is C10H10N3NaO2. The van der Waals surface area contributed by atoms with Crippen LogP contribution in [0, 0.1) is 13.5 Å². The molecule has 0 bridgehead atoms. The topological polar surface area (TPSA) is 61.4 Å². The van der Waals surface area contributed by atoms with Crippen LogP contribution in [0.25, 0.3) is 4.85 Å². The third kappa shape index (κ3) is 3.58. The van der Waals surface area contributed by atoms with Crippen molar-refractivity contribution in [3.8, 4) is 0 Å². The minimum absolute atomic E-state index is 0. The third-order valence-electron chi connectivity index (χ3n) is 2.09. The summed E-state index contributed by atoms with van der Waals surface area (Å²) in [6.45, 7) is 10.5. The second-order valence-corrected chi connectivity index (χ2v) is 3.25. The van der Waals surface area contributed by atoms with E-state index in [1.807, 2.05) is 19.1 Å². The Morgan fingerprint density at radius 1 is 1.38 bits per heavy atom. The van der Waals surface area contributed by atoms with Crippen LogP contribution in [-0.4, -0.2) is 0 Å². The van der Waals surface area contributed by atoms with Crippen molar-refractivity contribution in [2.24, 2.45) is 10.4 Å². The van der Waals surface area contributed by atoms with E-state index in [1.54, 1.807) is 19.1 Å². The van der Waals surface area contributed by atoms with E-state index in [2.05, 4.69) is 20.2 Å². The summed E-state index contributed by atoms with van der Waals surface area (Å²) in [6.07, 6.45) is 0. The van der Waals surface area contributed by atoms with Crippen LogP contribution < -0.4 is 34.8 Å². The van der Waals surface area contributed by atoms with Gasteiger partial charge in [0, 0.05) is 12.2 Å². The predicted molar refractivity (Wildman–Crippen MR) is 51.1 cm³/mol. The van der Waals surface area contributed by atoms with Gasteiger partial charge >= 0.3 is 35.2 Å². The van der Waals surface area contributed by atoms with Gasteiger partial charge in [0.1, 0.15) is 0 Å². The van der Waals surface area contributed by atoms with Gasteiger partial charge in [-0.25, -0.2) is 6.57 Å². The zero-order valence-corrected chi connectivity index (χ0v) is 11.5. The van der Waals surface area contributed by atoms with Crippen LogP contribution in [0.4, 0.5) is 0 Å². The maximum absolute atomic E-state index is 9.71. The Bertz CT molecular complexity index is 400. The molecule has 0 N–H and O–H groups in total. The van der Waals surface area contributed by atoms with Crippen molar-refractivity contribution in [3.05, 3.63) is 46.8 Å². The molecule has 0 aliphatic rings. The van der Waals surface area contributed by atoms with E-state index in [-0.39, 0.29) is 29.6 Å². The molecule has 1 aromatic carbocycles. The van der Waals surface area contributed by atoms with E-state index in [0.717, 1.165) is 5.56 Å². The average Bonchev–Trinajstić information content (AvgIpc) is 2.27. The maximum Gasteiger partial charge on any atom is 1.00 e. The van der Waals surface area contributed by atoms with Gasteiger partial charge in [-0.1, -0.05) is 22.8 Å². The molecule has 5 nitrogen and oxygen atoms in total. The summed E-state index contributed by atoms with van der Waals surface area (Å²) in [7, 11) is 0. The fourth-order valence-corrected chi connectivity index (χ4v) is 1.11. The van der Waals surface area contributed by atoms with E-state index in [4.69, 9.17) is 6.57 Å². The molecule has 0 amide bonds. The van der Waals surface area contributed by atoms with Crippen molar-refractivity contribution in [2.75, 3.05) is 0 Å². The SMILES string of the molecule is [C-]#[N+]C(C)(N=NO[O-])c1ccc(C)cc1.[Na+]. The first kappa shape index (κ1) is 15.1. The maximum atomic E-state index is 9.71. The molecule has 78 valence electrons. The van der Waals surface area contributed by atoms with Crippen LogP contribution in [0.1, 0.15) is 18.1 Å². The van der Waals surface area contributed by atoms with Gasteiger partial charge in [-0.3, -0.25) is 4.85 Å². The molecule has 6 heteroatoms. The zero-order chi connectivity index (χ0) is 11.3. The van der Waals surface area contributed by atoms with Crippen LogP contribution in [0.3, 0.4) is 0 Å². The number of nitrogens with zero attached hydrogens (tertiary/aromatic N) is 3. The molecule has 0 spiro atoms. The van der Waals surface area contributed by atoms with Crippen molar-refractivity contribution in [3.63, 3.8) is 0 Å². The van der Waals surface area contributed by atoms with Crippen LogP contribution >= 0.6 is 0 Å². The van der Waals surface area contributed by atoms with Gasteiger partial charge in [0.2, 0.25) is 0 Å². The molecule has 0 saturated heterocycles. The molecule has 1 aromatic rings. The van der Waals surface area contributed by atoms with E-state index in [9.17, 15) is 5.26 Å². The fraction of sp³-hybridized carbons (Fsp3) is 0.300. The molecular weight excluding hydrogens is 217 g/mol. The first-order valence-electron chi connectivity index (χ1n) is 4.29. The average molecular weight is 227 g/mol. The second-order valence-electron chi connectivity index (χ2n) is 3.25. The molecule has 0 aliphatic heterocycles. The summed E-state index contributed by atoms with van der Waals surface area (Å²) in [5.74, 6) is 0. The Morgan fingerprint density at radius 2 is 1.94 bits per heavy atom. The number of hydrogen-bond acceptors (Lipinski definition) is 4. The molecule has 0 aromatic heterocycles. The largest absolute Gasteiger partial charge is 1.00 e. The van der Waals surface area contributed by atoms with Gasteiger partial charge in [0.05, 0.1) is 5.56 Å². The van der Waals surface area contributed by atoms with E-state index in [1.165, 1.54) is 0 Å². The number of hydrogen-bond donors (Lipinski definition) is 0. The first-order valence-corrected chi connectivity index (χ1v) is 4.29. The number of aryl methyl sites for hydroxylation is 1. The summed E-state index contributed by atoms with van der Waals surface area (Å²) in [4.78, 5) is 6.58. The van der Waals surface area contributed by atoms with Crippen molar-refractivity contribution in [1.82, 2.24) is 0 Å². The monoisotopic (exact) mass is 227 g/mol. The van der Waals surface area contributed by atoms with Crippen LogP contribution in [0.5, 0.6) is 0 Å². The summed E-state index contributed by atoms with van der Waals surface area (Å²) in [5, 5.41) is 16.1. The first-order chi connectivity index (χ1) is 7.12. The molecule has 0 saturated carbocycles. The van der Waals surface area contributed by atoms with Gasteiger partial charge in [0.15, 0.2) is 0 Å². The molecule has 0 aliphatic carbocycles. The second kappa shape index (κ2) is 6.61. The van der Waals surface area contributed by atoms with Crippen molar-refractivity contribution < 1.29 is 39.8 Å². The smallest absolute Gasteiger partial charge is 0.636 e. The summed E-state index contributed by atoms with van der Waals surface area (Å²) in [6, 6.07) is 7.28. The van der Waals surface area contributed by atoms with Gasteiger partial charge < -0.3 is 10.2 Å². The summed E-state index contributed by atoms with van der Waals surface area (Å²) in [5.41, 5.74) is 0.560. The fourth-order valence-electron chi connectivity index (χ4n) is 1.11. The third-order valence-corrected chi connectivity index (χ3v) is 2.09. The molecule has 1 rings (SSSR count). The molecule has 1 unspecified atom stereocenters. The quantitative estimate of drug-likeness (QED) is 0.213. The Hall–Kier alpha value is -0.930. The number of benzene rings is 1. The van der Waals surface area contributed by atoms with Gasteiger partial charge in [-0.2, -0.15) is 0 Å². The summed E-state index contributed by atoms with van der Waals surface area (Å²) >= 11 is 0. The Labute approximate surface area is 116 Å². The molecule has 0 fully saturated rings. The van der Waals surface area contributed by atoms with Crippen molar-refractivity contribution >= 4 is 0 Å². The van der Waals surface area contributed by atoms with Crippen LogP contribution in [0.15, 0.2) is 34.7 Å². The molecule has 1 atom stereocenters. The predicted octanol–water partition coefficient (Wildman–Crippen LogP) is -1.25.